The molecule has 0 saturated carbocycles. The summed E-state index contributed by atoms with van der Waals surface area (Å²) in [6, 6.07) is 4.60. The van der Waals surface area contributed by atoms with Gasteiger partial charge >= 0.3 is 0 Å². The van der Waals surface area contributed by atoms with Crippen molar-refractivity contribution in [3.63, 3.8) is 0 Å². The van der Waals surface area contributed by atoms with Gasteiger partial charge in [0.25, 0.3) is 0 Å². The normalized spacial score (nSPS) is 17.4. The maximum absolute atomic E-state index is 13.7. The Labute approximate surface area is 131 Å². The number of amides is 1. The Morgan fingerprint density at radius 2 is 2.00 bits per heavy atom. The van der Waals surface area contributed by atoms with Gasteiger partial charge in [-0.2, -0.15) is 0 Å². The van der Waals surface area contributed by atoms with Gasteiger partial charge in [-0.05, 0) is 39.2 Å². The van der Waals surface area contributed by atoms with Gasteiger partial charge in [0.2, 0.25) is 5.91 Å². The molecule has 1 aromatic rings. The summed E-state index contributed by atoms with van der Waals surface area (Å²) in [4.78, 5) is 16.3. The molecular weight excluding hydrogens is 283 g/mol. The first kappa shape index (κ1) is 16.7. The average Bonchev–Trinajstić information content (AvgIpc) is 2.48. The van der Waals surface area contributed by atoms with Crippen LogP contribution in [-0.2, 0) is 4.79 Å². The summed E-state index contributed by atoms with van der Waals surface area (Å²) in [5.74, 6) is -0.369. The van der Waals surface area contributed by atoms with E-state index < -0.39 is 0 Å². The second-order valence-electron chi connectivity index (χ2n) is 5.81. The molecule has 5 nitrogen and oxygen atoms in total. The highest BCUT2D eigenvalue weighted by Crippen LogP contribution is 2.28. The Balaban J connectivity index is 2.18. The Kier molecular flexibility index (Phi) is 5.74. The maximum atomic E-state index is 13.7. The number of rotatable bonds is 5. The number of likely N-dealkylation sites (N-methyl/N-ethyl adjacent to an activating group) is 2. The van der Waals surface area contributed by atoms with Crippen LogP contribution in [0.3, 0.4) is 0 Å². The Morgan fingerprint density at radius 3 is 2.64 bits per heavy atom. The minimum atomic E-state index is -0.275. The van der Waals surface area contributed by atoms with Crippen LogP contribution in [0.2, 0.25) is 0 Å². The van der Waals surface area contributed by atoms with Crippen LogP contribution in [0.15, 0.2) is 18.2 Å². The summed E-state index contributed by atoms with van der Waals surface area (Å²) in [5.41, 5.74) is 1.83. The minimum Gasteiger partial charge on any atom is -0.369 e. The maximum Gasteiger partial charge on any atom is 0.234 e. The number of benzene rings is 1. The molecule has 1 aromatic carbocycles. The molecule has 0 aliphatic carbocycles. The molecule has 1 heterocycles. The van der Waals surface area contributed by atoms with Crippen LogP contribution in [0.4, 0.5) is 10.1 Å². The number of anilines is 1. The molecule has 22 heavy (non-hydrogen) atoms. The molecule has 1 unspecified atom stereocenters. The van der Waals surface area contributed by atoms with Crippen LogP contribution >= 0.6 is 0 Å². The van der Waals surface area contributed by atoms with Gasteiger partial charge in [0.15, 0.2) is 0 Å². The van der Waals surface area contributed by atoms with Crippen molar-refractivity contribution in [1.82, 2.24) is 15.5 Å². The molecule has 2 N–H and O–H groups in total. The molecular formula is C16H25FN4O. The number of nitrogens with zero attached hydrogens (tertiary/aromatic N) is 2. The average molecular weight is 308 g/mol. The third-order valence-electron chi connectivity index (χ3n) is 4.01. The van der Waals surface area contributed by atoms with Gasteiger partial charge in [-0.25, -0.2) is 4.39 Å². The lowest BCUT2D eigenvalue weighted by molar-refractivity contribution is -0.120. The quantitative estimate of drug-likeness (QED) is 0.851. The van der Waals surface area contributed by atoms with Gasteiger partial charge in [0, 0.05) is 37.4 Å². The summed E-state index contributed by atoms with van der Waals surface area (Å²) in [5, 5.41) is 5.72. The largest absolute Gasteiger partial charge is 0.369 e. The van der Waals surface area contributed by atoms with Gasteiger partial charge in [-0.3, -0.25) is 4.79 Å². The van der Waals surface area contributed by atoms with E-state index in [4.69, 9.17) is 0 Å². The van der Waals surface area contributed by atoms with Gasteiger partial charge < -0.3 is 20.4 Å². The second kappa shape index (κ2) is 7.56. The second-order valence-corrected chi connectivity index (χ2v) is 5.81. The highest BCUT2D eigenvalue weighted by Gasteiger charge is 2.20. The molecule has 6 heteroatoms. The highest BCUT2D eigenvalue weighted by atomic mass is 19.1. The molecule has 122 valence electrons. The van der Waals surface area contributed by atoms with Gasteiger partial charge in [0.05, 0.1) is 12.6 Å². The molecule has 0 aromatic heterocycles. The van der Waals surface area contributed by atoms with E-state index in [0.717, 1.165) is 37.4 Å². The molecule has 1 saturated heterocycles. The lowest BCUT2D eigenvalue weighted by Gasteiger charge is -2.36. The third kappa shape index (κ3) is 4.18. The van der Waals surface area contributed by atoms with Gasteiger partial charge in [0.1, 0.15) is 5.82 Å². The Bertz CT molecular complexity index is 515. The van der Waals surface area contributed by atoms with Crippen LogP contribution < -0.4 is 15.5 Å². The Morgan fingerprint density at radius 1 is 1.32 bits per heavy atom. The van der Waals surface area contributed by atoms with Crippen molar-refractivity contribution in [3.05, 3.63) is 29.6 Å². The van der Waals surface area contributed by atoms with Crippen molar-refractivity contribution in [1.29, 1.82) is 0 Å². The summed E-state index contributed by atoms with van der Waals surface area (Å²) in [7, 11) is 3.83. The first-order chi connectivity index (χ1) is 10.5. The van der Waals surface area contributed by atoms with Crippen molar-refractivity contribution in [3.8, 4) is 0 Å². The van der Waals surface area contributed by atoms with Gasteiger partial charge in [-0.1, -0.05) is 0 Å². The summed E-state index contributed by atoms with van der Waals surface area (Å²) in [6.45, 7) is 5.93. The van der Waals surface area contributed by atoms with E-state index in [1.54, 1.807) is 7.05 Å². The number of halogens is 1. The number of hydrogen-bond acceptors (Lipinski definition) is 4. The molecule has 2 rings (SSSR count). The summed E-state index contributed by atoms with van der Waals surface area (Å²) in [6.07, 6.45) is 0. The smallest absolute Gasteiger partial charge is 0.234 e. The highest BCUT2D eigenvalue weighted by molar-refractivity contribution is 5.78. The van der Waals surface area contributed by atoms with Crippen molar-refractivity contribution >= 4 is 11.6 Å². The molecule has 1 aliphatic heterocycles. The van der Waals surface area contributed by atoms with E-state index in [0.29, 0.717) is 0 Å². The number of carbonyl (C=O) groups excluding carboxylic acids is 1. The standard InChI is InChI=1S/C16H25FN4O/c1-12(19-16(22)11-18-2)14-10-13(17)4-5-15(14)21-8-6-20(3)7-9-21/h4-5,10,12,18H,6-9,11H2,1-3H3,(H,19,22). The predicted molar refractivity (Wildman–Crippen MR) is 86.6 cm³/mol. The molecule has 0 spiro atoms. The zero-order valence-electron chi connectivity index (χ0n) is 13.5. The number of hydrogen-bond donors (Lipinski definition) is 2. The van der Waals surface area contributed by atoms with Crippen molar-refractivity contribution in [2.45, 2.75) is 13.0 Å². The zero-order chi connectivity index (χ0) is 16.1. The molecule has 0 radical (unpaired) electrons. The molecule has 1 amide bonds. The van der Waals surface area contributed by atoms with Crippen LogP contribution in [0.1, 0.15) is 18.5 Å². The van der Waals surface area contributed by atoms with E-state index >= 15 is 0 Å². The SMILES string of the molecule is CNCC(=O)NC(C)c1cc(F)ccc1N1CCN(C)CC1. The Hall–Kier alpha value is -1.66. The molecule has 1 atom stereocenters. The summed E-state index contributed by atoms with van der Waals surface area (Å²) < 4.78 is 13.7. The molecule has 0 bridgehead atoms. The van der Waals surface area contributed by atoms with E-state index in [1.165, 1.54) is 12.1 Å². The predicted octanol–water partition coefficient (Wildman–Crippen LogP) is 0.974. The van der Waals surface area contributed by atoms with Crippen molar-refractivity contribution < 1.29 is 9.18 Å². The third-order valence-corrected chi connectivity index (χ3v) is 4.01. The zero-order valence-corrected chi connectivity index (χ0v) is 13.5. The fourth-order valence-corrected chi connectivity index (χ4v) is 2.74. The topological polar surface area (TPSA) is 47.6 Å². The van der Waals surface area contributed by atoms with Gasteiger partial charge in [-0.15, -0.1) is 0 Å². The molecule has 1 aliphatic rings. The fourth-order valence-electron chi connectivity index (χ4n) is 2.74. The minimum absolute atomic E-state index is 0.0939. The summed E-state index contributed by atoms with van der Waals surface area (Å²) >= 11 is 0. The number of carbonyl (C=O) groups is 1. The van der Waals surface area contributed by atoms with Crippen LogP contribution in [0, 0.1) is 5.82 Å². The van der Waals surface area contributed by atoms with Crippen LogP contribution in [-0.4, -0.2) is 57.6 Å². The number of nitrogens with one attached hydrogen (secondary N) is 2. The van der Waals surface area contributed by atoms with Crippen LogP contribution in [0.25, 0.3) is 0 Å². The monoisotopic (exact) mass is 308 g/mol. The van der Waals surface area contributed by atoms with E-state index in [9.17, 15) is 9.18 Å². The lowest BCUT2D eigenvalue weighted by Crippen LogP contribution is -2.45. The first-order valence-electron chi connectivity index (χ1n) is 7.68. The van der Waals surface area contributed by atoms with E-state index in [2.05, 4.69) is 27.5 Å². The fraction of sp³-hybridized carbons (Fsp3) is 0.562. The van der Waals surface area contributed by atoms with Crippen molar-refractivity contribution in [2.24, 2.45) is 0 Å². The van der Waals surface area contributed by atoms with E-state index in [1.807, 2.05) is 13.0 Å². The van der Waals surface area contributed by atoms with E-state index in [-0.39, 0.29) is 24.3 Å². The molecule has 1 fully saturated rings. The number of piperazine rings is 1. The van der Waals surface area contributed by atoms with Crippen LogP contribution in [0.5, 0.6) is 0 Å². The van der Waals surface area contributed by atoms with Crippen molar-refractivity contribution in [2.75, 3.05) is 51.7 Å². The lowest BCUT2D eigenvalue weighted by atomic mass is 10.0. The first-order valence-corrected chi connectivity index (χ1v) is 7.68.